The van der Waals surface area contributed by atoms with Gasteiger partial charge in [-0.2, -0.15) is 0 Å². The quantitative estimate of drug-likeness (QED) is 0.671. The number of hydrogen-bond donors (Lipinski definition) is 1. The van der Waals surface area contributed by atoms with Gasteiger partial charge in [0.2, 0.25) is 0 Å². The highest BCUT2D eigenvalue weighted by Crippen LogP contribution is 2.33. The van der Waals surface area contributed by atoms with Crippen molar-refractivity contribution in [2.45, 2.75) is 32.7 Å². The molecule has 1 fully saturated rings. The summed E-state index contributed by atoms with van der Waals surface area (Å²) in [6.07, 6.45) is 3.72. The molecule has 1 N–H and O–H groups in total. The molecule has 0 aromatic heterocycles. The Labute approximate surface area is 127 Å². The van der Waals surface area contributed by atoms with Crippen molar-refractivity contribution in [1.82, 2.24) is 5.32 Å². The number of nitrogens with one attached hydrogen (secondary N) is 1. The van der Waals surface area contributed by atoms with Crippen molar-refractivity contribution in [3.05, 3.63) is 29.6 Å². The third-order valence-corrected chi connectivity index (χ3v) is 3.89. The van der Waals surface area contributed by atoms with Crippen molar-refractivity contribution in [1.29, 1.82) is 0 Å². The van der Waals surface area contributed by atoms with E-state index in [9.17, 15) is 4.39 Å². The van der Waals surface area contributed by atoms with Crippen LogP contribution in [0.5, 0.6) is 0 Å². The van der Waals surface area contributed by atoms with Crippen LogP contribution in [0.3, 0.4) is 0 Å². The van der Waals surface area contributed by atoms with Gasteiger partial charge in [0.15, 0.2) is 0 Å². The summed E-state index contributed by atoms with van der Waals surface area (Å²) < 4.78 is 19.2. The van der Waals surface area contributed by atoms with Crippen LogP contribution in [-0.4, -0.2) is 33.4 Å². The summed E-state index contributed by atoms with van der Waals surface area (Å²) >= 11 is 0. The number of anilines is 1. The van der Waals surface area contributed by atoms with Crippen molar-refractivity contribution in [2.24, 2.45) is 5.92 Å². The number of nitrogens with zero attached hydrogens (tertiary/aromatic N) is 1. The predicted molar refractivity (Wildman–Crippen MR) is 85.2 cm³/mol. The van der Waals surface area contributed by atoms with Gasteiger partial charge < -0.3 is 15.0 Å². The van der Waals surface area contributed by atoms with Crippen molar-refractivity contribution in [2.75, 3.05) is 38.3 Å². The average molecular weight is 294 g/mol. The Kier molecular flexibility index (Phi) is 6.46. The molecule has 3 nitrogen and oxygen atoms in total. The molecule has 2 rings (SSSR count). The lowest BCUT2D eigenvalue weighted by Crippen LogP contribution is -2.29. The zero-order chi connectivity index (χ0) is 15.1. The normalized spacial score (nSPS) is 14.4. The molecule has 0 saturated heterocycles. The molecule has 1 aliphatic carbocycles. The zero-order valence-electron chi connectivity index (χ0n) is 13.2. The summed E-state index contributed by atoms with van der Waals surface area (Å²) in [4.78, 5) is 2.36. The summed E-state index contributed by atoms with van der Waals surface area (Å²) in [6, 6.07) is 5.42. The number of ether oxygens (including phenoxy) is 1. The van der Waals surface area contributed by atoms with Crippen LogP contribution in [0, 0.1) is 11.7 Å². The largest absolute Gasteiger partial charge is 0.383 e. The highest BCUT2D eigenvalue weighted by molar-refractivity contribution is 5.54. The molecular formula is C17H27FN2O. The van der Waals surface area contributed by atoms with Gasteiger partial charge in [-0.1, -0.05) is 13.0 Å². The maximum Gasteiger partial charge on any atom is 0.129 e. The van der Waals surface area contributed by atoms with Gasteiger partial charge in [0.05, 0.1) is 6.61 Å². The van der Waals surface area contributed by atoms with Gasteiger partial charge in [0, 0.05) is 44.5 Å². The molecule has 21 heavy (non-hydrogen) atoms. The van der Waals surface area contributed by atoms with Crippen molar-refractivity contribution in [3.8, 4) is 0 Å². The number of benzene rings is 1. The average Bonchev–Trinajstić information content (AvgIpc) is 3.28. The van der Waals surface area contributed by atoms with Crippen LogP contribution in [0.2, 0.25) is 0 Å². The number of rotatable bonds is 10. The third kappa shape index (κ3) is 4.97. The summed E-state index contributed by atoms with van der Waals surface area (Å²) in [5.41, 5.74) is 1.83. The Morgan fingerprint density at radius 1 is 1.38 bits per heavy atom. The smallest absolute Gasteiger partial charge is 0.129 e. The summed E-state index contributed by atoms with van der Waals surface area (Å²) in [5, 5.41) is 3.26. The van der Waals surface area contributed by atoms with Gasteiger partial charge in [0.25, 0.3) is 0 Å². The first-order valence-corrected chi connectivity index (χ1v) is 7.98. The number of halogens is 1. The molecule has 0 heterocycles. The Balaban J connectivity index is 2.09. The zero-order valence-corrected chi connectivity index (χ0v) is 13.2. The van der Waals surface area contributed by atoms with Crippen LogP contribution in [0.15, 0.2) is 18.2 Å². The Morgan fingerprint density at radius 3 is 2.86 bits per heavy atom. The van der Waals surface area contributed by atoms with E-state index in [1.807, 2.05) is 6.07 Å². The lowest BCUT2D eigenvalue weighted by atomic mass is 10.1. The molecule has 0 aliphatic heterocycles. The van der Waals surface area contributed by atoms with Gasteiger partial charge >= 0.3 is 0 Å². The van der Waals surface area contributed by atoms with Crippen molar-refractivity contribution >= 4 is 5.69 Å². The molecule has 0 spiro atoms. The van der Waals surface area contributed by atoms with Gasteiger partial charge in [-0.25, -0.2) is 4.39 Å². The molecule has 0 radical (unpaired) electrons. The Hall–Kier alpha value is -1.13. The second-order valence-corrected chi connectivity index (χ2v) is 5.80. The van der Waals surface area contributed by atoms with E-state index in [0.29, 0.717) is 13.2 Å². The van der Waals surface area contributed by atoms with Gasteiger partial charge in [0.1, 0.15) is 5.82 Å². The second-order valence-electron chi connectivity index (χ2n) is 5.80. The molecule has 1 saturated carbocycles. The van der Waals surface area contributed by atoms with E-state index in [1.165, 1.54) is 12.8 Å². The molecule has 0 unspecified atom stereocenters. The van der Waals surface area contributed by atoms with Crippen LogP contribution in [-0.2, 0) is 11.3 Å². The highest BCUT2D eigenvalue weighted by atomic mass is 19.1. The van der Waals surface area contributed by atoms with Crippen molar-refractivity contribution < 1.29 is 9.13 Å². The van der Waals surface area contributed by atoms with Crippen molar-refractivity contribution in [3.63, 3.8) is 0 Å². The minimum Gasteiger partial charge on any atom is -0.383 e. The first-order chi connectivity index (χ1) is 10.3. The van der Waals surface area contributed by atoms with Gasteiger partial charge in [-0.05, 0) is 37.3 Å². The van der Waals surface area contributed by atoms with E-state index in [0.717, 1.165) is 43.2 Å². The molecule has 118 valence electrons. The first kappa shape index (κ1) is 16.2. The maximum atomic E-state index is 14.2. The topological polar surface area (TPSA) is 24.5 Å². The van der Waals surface area contributed by atoms with Crippen LogP contribution in [0.1, 0.15) is 31.7 Å². The summed E-state index contributed by atoms with van der Waals surface area (Å²) in [6.45, 7) is 6.16. The van der Waals surface area contributed by atoms with E-state index in [1.54, 1.807) is 13.2 Å². The fraction of sp³-hybridized carbons (Fsp3) is 0.647. The SMILES string of the molecule is CCCN(CC1CC1)c1cccc(F)c1CNCCOC. The van der Waals surface area contributed by atoms with E-state index < -0.39 is 0 Å². The lowest BCUT2D eigenvalue weighted by molar-refractivity contribution is 0.199. The van der Waals surface area contributed by atoms with E-state index >= 15 is 0 Å². The molecule has 4 heteroatoms. The van der Waals surface area contributed by atoms with Gasteiger partial charge in [-0.3, -0.25) is 0 Å². The predicted octanol–water partition coefficient (Wildman–Crippen LogP) is 3.19. The number of methoxy groups -OCH3 is 1. The van der Waals surface area contributed by atoms with E-state index in [-0.39, 0.29) is 5.82 Å². The van der Waals surface area contributed by atoms with Crippen LogP contribution < -0.4 is 10.2 Å². The third-order valence-electron chi connectivity index (χ3n) is 3.89. The molecular weight excluding hydrogens is 267 g/mol. The minimum atomic E-state index is -0.116. The maximum absolute atomic E-state index is 14.2. The summed E-state index contributed by atoms with van der Waals surface area (Å²) in [5.74, 6) is 0.684. The first-order valence-electron chi connectivity index (χ1n) is 7.98. The second kappa shape index (κ2) is 8.35. The number of hydrogen-bond acceptors (Lipinski definition) is 3. The van der Waals surface area contributed by atoms with Crippen LogP contribution >= 0.6 is 0 Å². The monoisotopic (exact) mass is 294 g/mol. The Bertz CT molecular complexity index is 435. The molecule has 1 aromatic carbocycles. The summed E-state index contributed by atoms with van der Waals surface area (Å²) in [7, 11) is 1.68. The standard InChI is InChI=1S/C17H27FN2O/c1-3-10-20(13-14-7-8-14)17-6-4-5-16(18)15(17)12-19-9-11-21-2/h4-6,14,19H,3,7-13H2,1-2H3. The molecule has 0 bridgehead atoms. The fourth-order valence-electron chi connectivity index (χ4n) is 2.60. The van der Waals surface area contributed by atoms with Crippen LogP contribution in [0.25, 0.3) is 0 Å². The van der Waals surface area contributed by atoms with E-state index in [4.69, 9.17) is 4.74 Å². The minimum absolute atomic E-state index is 0.116. The van der Waals surface area contributed by atoms with E-state index in [2.05, 4.69) is 23.2 Å². The Morgan fingerprint density at radius 2 is 2.19 bits per heavy atom. The van der Waals surface area contributed by atoms with Crippen LogP contribution in [0.4, 0.5) is 10.1 Å². The molecule has 0 amide bonds. The molecule has 1 aliphatic rings. The highest BCUT2D eigenvalue weighted by Gasteiger charge is 2.25. The fourth-order valence-corrected chi connectivity index (χ4v) is 2.60. The lowest BCUT2D eigenvalue weighted by Gasteiger charge is -2.27. The van der Waals surface area contributed by atoms with Gasteiger partial charge in [-0.15, -0.1) is 0 Å². The molecule has 1 aromatic rings. The molecule has 0 atom stereocenters.